The summed E-state index contributed by atoms with van der Waals surface area (Å²) in [5, 5.41) is 5.85. The predicted octanol–water partition coefficient (Wildman–Crippen LogP) is -0.405. The van der Waals surface area contributed by atoms with Crippen LogP contribution in [0.5, 0.6) is 0 Å². The van der Waals surface area contributed by atoms with Gasteiger partial charge in [0, 0.05) is 6.92 Å². The second kappa shape index (κ2) is 3.26. The summed E-state index contributed by atoms with van der Waals surface area (Å²) in [5.41, 5.74) is 4.97. The van der Waals surface area contributed by atoms with Crippen LogP contribution in [0.3, 0.4) is 0 Å². The van der Waals surface area contributed by atoms with Crippen LogP contribution in [0.15, 0.2) is 0 Å². The summed E-state index contributed by atoms with van der Waals surface area (Å²) >= 11 is 0.849. The van der Waals surface area contributed by atoms with Crippen LogP contribution < -0.4 is 11.1 Å². The Bertz CT molecular complexity index is 321. The van der Waals surface area contributed by atoms with Crippen molar-refractivity contribution >= 4 is 29.2 Å². The van der Waals surface area contributed by atoms with Crippen molar-refractivity contribution in [1.82, 2.24) is 9.59 Å². The molecule has 1 aromatic rings. The van der Waals surface area contributed by atoms with E-state index < -0.39 is 5.91 Å². The van der Waals surface area contributed by atoms with Crippen LogP contribution in [0, 0.1) is 0 Å². The van der Waals surface area contributed by atoms with Gasteiger partial charge in [-0.3, -0.25) is 9.59 Å². The minimum Gasteiger partial charge on any atom is -0.365 e. The first kappa shape index (κ1) is 8.60. The van der Waals surface area contributed by atoms with Crippen molar-refractivity contribution in [2.75, 3.05) is 5.32 Å². The number of hydrogen-bond donors (Lipinski definition) is 2. The summed E-state index contributed by atoms with van der Waals surface area (Å²) in [4.78, 5) is 21.4. The maximum absolute atomic E-state index is 10.7. The van der Waals surface area contributed by atoms with Crippen molar-refractivity contribution < 1.29 is 9.59 Å². The Morgan fingerprint density at radius 1 is 1.58 bits per heavy atom. The van der Waals surface area contributed by atoms with Crippen molar-refractivity contribution in [3.05, 3.63) is 4.88 Å². The van der Waals surface area contributed by atoms with E-state index in [1.807, 2.05) is 0 Å². The number of nitrogens with two attached hydrogens (primary N) is 1. The van der Waals surface area contributed by atoms with E-state index in [0.29, 0.717) is 0 Å². The fourth-order valence-corrected chi connectivity index (χ4v) is 1.07. The number of aromatic nitrogens is 2. The lowest BCUT2D eigenvalue weighted by Crippen LogP contribution is -2.14. The molecule has 0 aromatic carbocycles. The van der Waals surface area contributed by atoms with Gasteiger partial charge < -0.3 is 11.1 Å². The van der Waals surface area contributed by atoms with Crippen LogP contribution in [-0.4, -0.2) is 21.4 Å². The van der Waals surface area contributed by atoms with Gasteiger partial charge in [-0.25, -0.2) is 0 Å². The van der Waals surface area contributed by atoms with Crippen LogP contribution >= 0.6 is 11.5 Å². The predicted molar refractivity (Wildman–Crippen MR) is 42.7 cm³/mol. The van der Waals surface area contributed by atoms with Gasteiger partial charge in [-0.1, -0.05) is 4.49 Å². The molecule has 2 amide bonds. The molecule has 0 unspecified atom stereocenters. The van der Waals surface area contributed by atoms with Gasteiger partial charge in [-0.15, -0.1) is 5.10 Å². The Morgan fingerprint density at radius 2 is 2.25 bits per heavy atom. The first-order valence-electron chi connectivity index (χ1n) is 3.01. The third kappa shape index (κ3) is 1.76. The van der Waals surface area contributed by atoms with E-state index in [1.165, 1.54) is 6.92 Å². The van der Waals surface area contributed by atoms with Gasteiger partial charge in [-0.2, -0.15) is 0 Å². The summed E-state index contributed by atoms with van der Waals surface area (Å²) in [6.45, 7) is 1.31. The lowest BCUT2D eigenvalue weighted by molar-refractivity contribution is -0.114. The molecule has 0 radical (unpaired) electrons. The van der Waals surface area contributed by atoms with Crippen molar-refractivity contribution in [2.24, 2.45) is 5.73 Å². The minimum absolute atomic E-state index is 0.125. The average Bonchev–Trinajstić information content (AvgIpc) is 2.33. The maximum Gasteiger partial charge on any atom is 0.264 e. The molecule has 0 saturated carbocycles. The fourth-order valence-electron chi connectivity index (χ4n) is 0.601. The van der Waals surface area contributed by atoms with Gasteiger partial charge in [0.05, 0.1) is 0 Å². The Labute approximate surface area is 71.9 Å². The molecule has 0 fully saturated rings. The van der Waals surface area contributed by atoms with Crippen molar-refractivity contribution in [2.45, 2.75) is 6.92 Å². The van der Waals surface area contributed by atoms with Crippen molar-refractivity contribution in [1.29, 1.82) is 0 Å². The zero-order chi connectivity index (χ0) is 9.14. The molecule has 1 heterocycles. The largest absolute Gasteiger partial charge is 0.365 e. The van der Waals surface area contributed by atoms with Crippen LogP contribution in [0.25, 0.3) is 0 Å². The van der Waals surface area contributed by atoms with Gasteiger partial charge in [-0.05, 0) is 11.5 Å². The van der Waals surface area contributed by atoms with Crippen LogP contribution in [-0.2, 0) is 4.79 Å². The van der Waals surface area contributed by atoms with E-state index in [2.05, 4.69) is 14.9 Å². The molecule has 0 aliphatic heterocycles. The molecule has 0 spiro atoms. The lowest BCUT2D eigenvalue weighted by Gasteiger charge is -1.95. The van der Waals surface area contributed by atoms with E-state index in [4.69, 9.17) is 5.73 Å². The lowest BCUT2D eigenvalue weighted by atomic mass is 10.4. The Morgan fingerprint density at radius 3 is 2.75 bits per heavy atom. The third-order valence-electron chi connectivity index (χ3n) is 1.01. The Kier molecular flexibility index (Phi) is 2.34. The minimum atomic E-state index is -0.645. The van der Waals surface area contributed by atoms with Crippen molar-refractivity contribution in [3.63, 3.8) is 0 Å². The second-order valence-corrected chi connectivity index (χ2v) is 2.75. The number of hydrogen-bond acceptors (Lipinski definition) is 5. The normalized spacial score (nSPS) is 9.42. The Hall–Kier alpha value is -1.50. The maximum atomic E-state index is 10.7. The van der Waals surface area contributed by atoms with E-state index >= 15 is 0 Å². The second-order valence-electron chi connectivity index (χ2n) is 2.00. The molecule has 0 aliphatic carbocycles. The molecular weight excluding hydrogens is 180 g/mol. The number of rotatable bonds is 2. The summed E-state index contributed by atoms with van der Waals surface area (Å²) in [6, 6.07) is 0. The first-order chi connectivity index (χ1) is 5.61. The summed E-state index contributed by atoms with van der Waals surface area (Å²) < 4.78 is 3.47. The molecule has 1 aromatic heterocycles. The summed E-state index contributed by atoms with van der Waals surface area (Å²) in [7, 11) is 0. The topological polar surface area (TPSA) is 98.0 Å². The van der Waals surface area contributed by atoms with Crippen molar-refractivity contribution in [3.8, 4) is 0 Å². The van der Waals surface area contributed by atoms with Crippen LogP contribution in [0.1, 0.15) is 16.6 Å². The van der Waals surface area contributed by atoms with Gasteiger partial charge in [0.25, 0.3) is 5.91 Å². The standard InChI is InChI=1S/C5H6N4O2S/c1-2(10)7-5-3(4(6)11)12-9-8-5/h1H3,(H2,6,11)(H,7,10). The highest BCUT2D eigenvalue weighted by atomic mass is 32.1. The molecule has 6 nitrogen and oxygen atoms in total. The van der Waals surface area contributed by atoms with Gasteiger partial charge in [0.1, 0.15) is 0 Å². The van der Waals surface area contributed by atoms with Gasteiger partial charge >= 0.3 is 0 Å². The molecule has 0 atom stereocenters. The molecule has 0 aliphatic rings. The number of carbonyl (C=O) groups is 2. The number of primary amides is 1. The molecule has 0 saturated heterocycles. The van der Waals surface area contributed by atoms with E-state index in [-0.39, 0.29) is 16.6 Å². The van der Waals surface area contributed by atoms with Gasteiger partial charge in [0.2, 0.25) is 5.91 Å². The van der Waals surface area contributed by atoms with E-state index in [9.17, 15) is 9.59 Å². The number of carbonyl (C=O) groups excluding carboxylic acids is 2. The average molecular weight is 186 g/mol. The summed E-state index contributed by atoms with van der Waals surface area (Å²) in [5.74, 6) is -0.834. The number of anilines is 1. The summed E-state index contributed by atoms with van der Waals surface area (Å²) in [6.07, 6.45) is 0. The molecule has 64 valence electrons. The monoisotopic (exact) mass is 186 g/mol. The quantitative estimate of drug-likeness (QED) is 0.656. The SMILES string of the molecule is CC(=O)Nc1nnsc1C(N)=O. The molecule has 7 heteroatoms. The number of nitrogens with one attached hydrogen (secondary N) is 1. The zero-order valence-electron chi connectivity index (χ0n) is 6.20. The highest BCUT2D eigenvalue weighted by molar-refractivity contribution is 7.08. The molecule has 0 bridgehead atoms. The molecule has 12 heavy (non-hydrogen) atoms. The van der Waals surface area contributed by atoms with E-state index in [1.54, 1.807) is 0 Å². The van der Waals surface area contributed by atoms with Gasteiger partial charge in [0.15, 0.2) is 10.7 Å². The third-order valence-corrected chi connectivity index (χ3v) is 1.75. The zero-order valence-corrected chi connectivity index (χ0v) is 7.01. The van der Waals surface area contributed by atoms with Crippen LogP contribution in [0.4, 0.5) is 5.82 Å². The van der Waals surface area contributed by atoms with E-state index in [0.717, 1.165) is 11.5 Å². The first-order valence-corrected chi connectivity index (χ1v) is 3.78. The molecule has 3 N–H and O–H groups in total. The Balaban J connectivity index is 2.91. The fraction of sp³-hybridized carbons (Fsp3) is 0.200. The molecular formula is C5H6N4O2S. The highest BCUT2D eigenvalue weighted by Gasteiger charge is 2.13. The number of amides is 2. The number of nitrogens with zero attached hydrogens (tertiary/aromatic N) is 2. The van der Waals surface area contributed by atoms with Crippen LogP contribution in [0.2, 0.25) is 0 Å². The highest BCUT2D eigenvalue weighted by Crippen LogP contribution is 2.14. The smallest absolute Gasteiger partial charge is 0.264 e. The molecule has 1 rings (SSSR count).